The summed E-state index contributed by atoms with van der Waals surface area (Å²) in [6.45, 7) is 2.57. The second kappa shape index (κ2) is 9.06. The van der Waals surface area contributed by atoms with E-state index in [0.717, 1.165) is 36.4 Å². The average Bonchev–Trinajstić information content (AvgIpc) is 3.15. The number of hydrogen-bond acceptors (Lipinski definition) is 4. The number of hydrogen-bond donors (Lipinski definition) is 1. The quantitative estimate of drug-likeness (QED) is 0.599. The predicted molar refractivity (Wildman–Crippen MR) is 115 cm³/mol. The lowest BCUT2D eigenvalue weighted by atomic mass is 10.0. The summed E-state index contributed by atoms with van der Waals surface area (Å²) in [5.41, 5.74) is 2.21. The summed E-state index contributed by atoms with van der Waals surface area (Å²) < 4.78 is 41.0. The van der Waals surface area contributed by atoms with E-state index in [2.05, 4.69) is 21.5 Å². The van der Waals surface area contributed by atoms with Gasteiger partial charge >= 0.3 is 6.18 Å². The van der Waals surface area contributed by atoms with Crippen molar-refractivity contribution in [2.75, 3.05) is 0 Å². The van der Waals surface area contributed by atoms with Crippen LogP contribution in [-0.4, -0.2) is 20.7 Å². The van der Waals surface area contributed by atoms with Crippen molar-refractivity contribution in [1.29, 1.82) is 5.26 Å². The van der Waals surface area contributed by atoms with Crippen molar-refractivity contribution >= 4 is 5.91 Å². The van der Waals surface area contributed by atoms with Gasteiger partial charge in [-0.2, -0.15) is 23.5 Å². The molecule has 1 amide bonds. The minimum atomic E-state index is -4.54. The normalized spacial score (nSPS) is 15.9. The van der Waals surface area contributed by atoms with Crippen LogP contribution in [0.5, 0.6) is 0 Å². The molecule has 0 bridgehead atoms. The van der Waals surface area contributed by atoms with Crippen molar-refractivity contribution in [1.82, 2.24) is 20.1 Å². The number of pyridine rings is 1. The third-order valence-electron chi connectivity index (χ3n) is 5.72. The molecule has 0 fully saturated rings. The number of fused-ring (bicyclic) bond motifs is 1. The van der Waals surface area contributed by atoms with Crippen LogP contribution in [0.2, 0.25) is 0 Å². The molecule has 170 valence electrons. The number of nitrogens with one attached hydrogen (secondary N) is 1. The summed E-state index contributed by atoms with van der Waals surface area (Å²) in [6, 6.07) is 11.0. The maximum absolute atomic E-state index is 13.1. The highest BCUT2D eigenvalue weighted by Crippen LogP contribution is 2.32. The van der Waals surface area contributed by atoms with Gasteiger partial charge in [0.25, 0.3) is 5.91 Å². The molecule has 1 aromatic carbocycles. The van der Waals surface area contributed by atoms with Crippen LogP contribution in [0.1, 0.15) is 65.1 Å². The first kappa shape index (κ1) is 22.5. The summed E-state index contributed by atoms with van der Waals surface area (Å²) in [6.07, 6.45) is -0.334. The van der Waals surface area contributed by atoms with Crippen molar-refractivity contribution in [3.8, 4) is 17.3 Å². The highest BCUT2D eigenvalue weighted by Gasteiger charge is 2.33. The van der Waals surface area contributed by atoms with Gasteiger partial charge in [0.05, 0.1) is 29.1 Å². The molecular formula is C24H22F3N5O. The van der Waals surface area contributed by atoms with Crippen LogP contribution in [-0.2, 0) is 19.1 Å². The topological polar surface area (TPSA) is 83.6 Å². The van der Waals surface area contributed by atoms with Crippen LogP contribution >= 0.6 is 0 Å². The van der Waals surface area contributed by atoms with Crippen molar-refractivity contribution in [3.63, 3.8) is 0 Å². The number of nitriles is 1. The van der Waals surface area contributed by atoms with E-state index in [9.17, 15) is 23.2 Å². The van der Waals surface area contributed by atoms with Crippen LogP contribution in [0, 0.1) is 11.3 Å². The number of aryl methyl sites for hydroxylation is 2. The maximum atomic E-state index is 13.1. The average molecular weight is 453 g/mol. The van der Waals surface area contributed by atoms with E-state index in [4.69, 9.17) is 0 Å². The highest BCUT2D eigenvalue weighted by molar-refractivity contribution is 5.95. The molecule has 2 aromatic heterocycles. The third kappa shape index (κ3) is 4.90. The first-order chi connectivity index (χ1) is 15.8. The zero-order valence-electron chi connectivity index (χ0n) is 18.0. The SMILES string of the molecule is CCc1cc(C#N)cc(C(=O)N[C@H]2CCCCn3nc(-c4ccnc(C(F)(F)F)c4)cc32)c1. The molecule has 4 rings (SSSR count). The molecule has 1 aliphatic heterocycles. The number of rotatable bonds is 4. The molecule has 6 nitrogen and oxygen atoms in total. The smallest absolute Gasteiger partial charge is 0.344 e. The summed E-state index contributed by atoms with van der Waals surface area (Å²) in [7, 11) is 0. The van der Waals surface area contributed by atoms with Crippen LogP contribution in [0.15, 0.2) is 42.6 Å². The van der Waals surface area contributed by atoms with Gasteiger partial charge in [-0.3, -0.25) is 14.5 Å². The van der Waals surface area contributed by atoms with Crippen LogP contribution in [0.4, 0.5) is 13.2 Å². The Labute approximate surface area is 189 Å². The van der Waals surface area contributed by atoms with Gasteiger partial charge in [-0.1, -0.05) is 6.92 Å². The van der Waals surface area contributed by atoms with Gasteiger partial charge < -0.3 is 5.32 Å². The van der Waals surface area contributed by atoms with Crippen LogP contribution < -0.4 is 5.32 Å². The molecule has 0 spiro atoms. The van der Waals surface area contributed by atoms with Gasteiger partial charge in [0.15, 0.2) is 0 Å². The van der Waals surface area contributed by atoms with Crippen LogP contribution in [0.25, 0.3) is 11.3 Å². The van der Waals surface area contributed by atoms with Gasteiger partial charge in [0.2, 0.25) is 0 Å². The molecule has 33 heavy (non-hydrogen) atoms. The second-order valence-electron chi connectivity index (χ2n) is 8.01. The number of carbonyl (C=O) groups excluding carboxylic acids is 1. The molecule has 3 aromatic rings. The Hall–Kier alpha value is -3.67. The monoisotopic (exact) mass is 453 g/mol. The van der Waals surface area contributed by atoms with E-state index in [1.165, 1.54) is 6.07 Å². The first-order valence-electron chi connectivity index (χ1n) is 10.7. The standard InChI is InChI=1S/C24H22F3N5O/c1-2-15-9-16(14-28)11-18(10-15)23(33)30-19-5-3-4-8-32-21(19)13-20(31-32)17-6-7-29-22(12-17)24(25,26)27/h6-7,9-13,19H,2-5,8H2,1H3,(H,30,33)/t19-/m0/s1. The molecule has 0 saturated heterocycles. The summed E-state index contributed by atoms with van der Waals surface area (Å²) in [4.78, 5) is 16.4. The number of alkyl halides is 3. The van der Waals surface area contributed by atoms with Crippen molar-refractivity contribution in [2.24, 2.45) is 0 Å². The summed E-state index contributed by atoms with van der Waals surface area (Å²) in [5, 5.41) is 16.8. The van der Waals surface area contributed by atoms with Gasteiger partial charge in [-0.05, 0) is 67.6 Å². The minimum absolute atomic E-state index is 0.300. The summed E-state index contributed by atoms with van der Waals surface area (Å²) in [5.74, 6) is -0.300. The number of amides is 1. The van der Waals surface area contributed by atoms with Crippen molar-refractivity contribution < 1.29 is 18.0 Å². The van der Waals surface area contributed by atoms with E-state index in [0.29, 0.717) is 41.8 Å². The van der Waals surface area contributed by atoms with Crippen molar-refractivity contribution in [2.45, 2.75) is 51.4 Å². The molecule has 1 aliphatic rings. The van der Waals surface area contributed by atoms with Gasteiger partial charge in [0.1, 0.15) is 5.69 Å². The van der Waals surface area contributed by atoms with E-state index in [-0.39, 0.29) is 11.9 Å². The fourth-order valence-electron chi connectivity index (χ4n) is 4.01. The molecule has 0 aliphatic carbocycles. The second-order valence-corrected chi connectivity index (χ2v) is 8.01. The molecule has 1 atom stereocenters. The van der Waals surface area contributed by atoms with Gasteiger partial charge in [0, 0.05) is 23.9 Å². The third-order valence-corrected chi connectivity index (χ3v) is 5.72. The fraction of sp³-hybridized carbons (Fsp3) is 0.333. The first-order valence-corrected chi connectivity index (χ1v) is 10.7. The molecular weight excluding hydrogens is 431 g/mol. The molecule has 1 N–H and O–H groups in total. The van der Waals surface area contributed by atoms with Gasteiger partial charge in [-0.15, -0.1) is 0 Å². The lowest BCUT2D eigenvalue weighted by molar-refractivity contribution is -0.141. The van der Waals surface area contributed by atoms with E-state index < -0.39 is 11.9 Å². The number of nitrogens with zero attached hydrogens (tertiary/aromatic N) is 4. The van der Waals surface area contributed by atoms with Crippen LogP contribution in [0.3, 0.4) is 0 Å². The molecule has 3 heterocycles. The largest absolute Gasteiger partial charge is 0.433 e. The number of aromatic nitrogens is 3. The van der Waals surface area contributed by atoms with Crippen molar-refractivity contribution in [3.05, 3.63) is 70.7 Å². The Morgan fingerprint density at radius 1 is 1.24 bits per heavy atom. The Morgan fingerprint density at radius 2 is 2.06 bits per heavy atom. The number of benzene rings is 1. The summed E-state index contributed by atoms with van der Waals surface area (Å²) >= 11 is 0. The Morgan fingerprint density at radius 3 is 2.79 bits per heavy atom. The Bertz CT molecular complexity index is 1230. The van der Waals surface area contributed by atoms with E-state index >= 15 is 0 Å². The zero-order chi connectivity index (χ0) is 23.6. The molecule has 0 radical (unpaired) electrons. The lowest BCUT2D eigenvalue weighted by Gasteiger charge is -2.17. The minimum Gasteiger partial charge on any atom is -0.344 e. The maximum Gasteiger partial charge on any atom is 0.433 e. The molecule has 0 unspecified atom stereocenters. The zero-order valence-corrected chi connectivity index (χ0v) is 18.0. The lowest BCUT2D eigenvalue weighted by Crippen LogP contribution is -2.29. The van der Waals surface area contributed by atoms with Gasteiger partial charge in [-0.25, -0.2) is 0 Å². The molecule has 0 saturated carbocycles. The molecule has 9 heteroatoms. The Kier molecular flexibility index (Phi) is 6.18. The highest BCUT2D eigenvalue weighted by atomic mass is 19.4. The number of carbonyl (C=O) groups is 1. The predicted octanol–water partition coefficient (Wildman–Crippen LogP) is 5.05. The van der Waals surface area contributed by atoms with E-state index in [1.807, 2.05) is 6.92 Å². The fourth-order valence-corrected chi connectivity index (χ4v) is 4.01. The Balaban J connectivity index is 1.64. The van der Waals surface area contributed by atoms with E-state index in [1.54, 1.807) is 28.9 Å². The number of halogens is 3.